The standard InChI is InChI=1S/C12H17FN4O3S/c1-21(19,20)17-5-4-9(8-17)6-15-12(18)16-11-3-2-10(13)7-14-11/h2-3,7,9H,4-6,8H2,1H3,(H2,14,15,16,18). The molecule has 0 radical (unpaired) electrons. The van der Waals surface area contributed by atoms with Crippen molar-refractivity contribution in [2.75, 3.05) is 31.2 Å². The summed E-state index contributed by atoms with van der Waals surface area (Å²) in [6.07, 6.45) is 2.90. The minimum Gasteiger partial charge on any atom is -0.338 e. The summed E-state index contributed by atoms with van der Waals surface area (Å²) in [5.41, 5.74) is 0. The molecule has 1 aliphatic rings. The van der Waals surface area contributed by atoms with Crippen LogP contribution in [0.4, 0.5) is 15.0 Å². The summed E-state index contributed by atoms with van der Waals surface area (Å²) in [5, 5.41) is 5.13. The normalized spacial score (nSPS) is 19.4. The topological polar surface area (TPSA) is 91.4 Å². The van der Waals surface area contributed by atoms with E-state index in [9.17, 15) is 17.6 Å². The number of hydrogen-bond acceptors (Lipinski definition) is 4. The smallest absolute Gasteiger partial charge is 0.320 e. The molecule has 1 aromatic rings. The summed E-state index contributed by atoms with van der Waals surface area (Å²) >= 11 is 0. The van der Waals surface area contributed by atoms with E-state index >= 15 is 0 Å². The Morgan fingerprint density at radius 3 is 2.86 bits per heavy atom. The van der Waals surface area contributed by atoms with Crippen LogP contribution in [0.2, 0.25) is 0 Å². The highest BCUT2D eigenvalue weighted by Crippen LogP contribution is 2.17. The molecule has 0 spiro atoms. The molecule has 116 valence electrons. The molecule has 0 bridgehead atoms. The fourth-order valence-corrected chi connectivity index (χ4v) is 3.03. The summed E-state index contributed by atoms with van der Waals surface area (Å²) in [6, 6.07) is 2.10. The number of pyridine rings is 1. The second-order valence-electron chi connectivity index (χ2n) is 4.97. The molecule has 21 heavy (non-hydrogen) atoms. The highest BCUT2D eigenvalue weighted by molar-refractivity contribution is 7.88. The van der Waals surface area contributed by atoms with E-state index < -0.39 is 21.9 Å². The Morgan fingerprint density at radius 2 is 2.29 bits per heavy atom. The van der Waals surface area contributed by atoms with Gasteiger partial charge >= 0.3 is 6.03 Å². The van der Waals surface area contributed by atoms with E-state index in [2.05, 4.69) is 15.6 Å². The van der Waals surface area contributed by atoms with Gasteiger partial charge in [0.2, 0.25) is 10.0 Å². The SMILES string of the molecule is CS(=O)(=O)N1CCC(CNC(=O)Nc2ccc(F)cn2)C1. The molecule has 1 aliphatic heterocycles. The van der Waals surface area contributed by atoms with Gasteiger partial charge < -0.3 is 5.32 Å². The minimum absolute atomic E-state index is 0.0895. The quantitative estimate of drug-likeness (QED) is 0.852. The number of urea groups is 1. The van der Waals surface area contributed by atoms with Gasteiger partial charge in [-0.25, -0.2) is 26.9 Å². The molecule has 2 amide bonds. The number of sulfonamides is 1. The van der Waals surface area contributed by atoms with Gasteiger partial charge in [-0.15, -0.1) is 0 Å². The molecule has 1 aromatic heterocycles. The van der Waals surface area contributed by atoms with Crippen LogP contribution in [0.3, 0.4) is 0 Å². The third-order valence-corrected chi connectivity index (χ3v) is 4.51. The van der Waals surface area contributed by atoms with Gasteiger partial charge in [-0.2, -0.15) is 0 Å². The van der Waals surface area contributed by atoms with Crippen molar-refractivity contribution in [3.8, 4) is 0 Å². The van der Waals surface area contributed by atoms with Crippen LogP contribution in [0.15, 0.2) is 18.3 Å². The van der Waals surface area contributed by atoms with Gasteiger partial charge in [0.15, 0.2) is 0 Å². The number of amides is 2. The predicted molar refractivity (Wildman–Crippen MR) is 75.7 cm³/mol. The Balaban J connectivity index is 1.76. The van der Waals surface area contributed by atoms with E-state index in [1.54, 1.807) is 0 Å². The van der Waals surface area contributed by atoms with Gasteiger partial charge in [-0.3, -0.25) is 5.32 Å². The van der Waals surface area contributed by atoms with E-state index in [-0.39, 0.29) is 11.7 Å². The van der Waals surface area contributed by atoms with Crippen LogP contribution in [0, 0.1) is 11.7 Å². The van der Waals surface area contributed by atoms with Gasteiger partial charge in [0.1, 0.15) is 11.6 Å². The maximum atomic E-state index is 12.7. The molecule has 2 rings (SSSR count). The second kappa shape index (κ2) is 6.35. The van der Waals surface area contributed by atoms with Crippen molar-refractivity contribution >= 4 is 21.9 Å². The molecule has 1 atom stereocenters. The molecular weight excluding hydrogens is 299 g/mol. The Hall–Kier alpha value is -1.74. The Kier molecular flexibility index (Phi) is 4.73. The number of rotatable bonds is 4. The lowest BCUT2D eigenvalue weighted by molar-refractivity contribution is 0.250. The van der Waals surface area contributed by atoms with Crippen molar-refractivity contribution in [2.45, 2.75) is 6.42 Å². The zero-order valence-electron chi connectivity index (χ0n) is 11.5. The van der Waals surface area contributed by atoms with E-state index in [1.807, 2.05) is 0 Å². The average molecular weight is 316 g/mol. The molecule has 9 heteroatoms. The van der Waals surface area contributed by atoms with Crippen LogP contribution in [-0.4, -0.2) is 49.6 Å². The largest absolute Gasteiger partial charge is 0.338 e. The van der Waals surface area contributed by atoms with Crippen LogP contribution >= 0.6 is 0 Å². The molecule has 0 aromatic carbocycles. The molecule has 2 N–H and O–H groups in total. The summed E-state index contributed by atoms with van der Waals surface area (Å²) in [5.74, 6) is -0.141. The van der Waals surface area contributed by atoms with Crippen molar-refractivity contribution in [1.29, 1.82) is 0 Å². The fraction of sp³-hybridized carbons (Fsp3) is 0.500. The number of nitrogens with zero attached hydrogens (tertiary/aromatic N) is 2. The second-order valence-corrected chi connectivity index (χ2v) is 6.95. The first-order valence-corrected chi connectivity index (χ1v) is 8.31. The van der Waals surface area contributed by atoms with Crippen LogP contribution in [0.25, 0.3) is 0 Å². The minimum atomic E-state index is -3.17. The summed E-state index contributed by atoms with van der Waals surface area (Å²) in [7, 11) is -3.17. The monoisotopic (exact) mass is 316 g/mol. The molecule has 7 nitrogen and oxygen atoms in total. The van der Waals surface area contributed by atoms with Gasteiger partial charge in [-0.05, 0) is 24.5 Å². The first-order chi connectivity index (χ1) is 9.84. The summed E-state index contributed by atoms with van der Waals surface area (Å²) < 4.78 is 36.8. The lowest BCUT2D eigenvalue weighted by atomic mass is 10.1. The number of anilines is 1. The Morgan fingerprint density at radius 1 is 1.52 bits per heavy atom. The van der Waals surface area contributed by atoms with E-state index in [0.29, 0.717) is 26.1 Å². The molecule has 1 saturated heterocycles. The van der Waals surface area contributed by atoms with E-state index in [4.69, 9.17) is 0 Å². The van der Waals surface area contributed by atoms with Crippen molar-refractivity contribution < 1.29 is 17.6 Å². The van der Waals surface area contributed by atoms with Crippen LogP contribution < -0.4 is 10.6 Å². The van der Waals surface area contributed by atoms with Crippen molar-refractivity contribution in [3.63, 3.8) is 0 Å². The van der Waals surface area contributed by atoms with Gasteiger partial charge in [0.05, 0.1) is 12.5 Å². The first kappa shape index (κ1) is 15.6. The molecule has 2 heterocycles. The van der Waals surface area contributed by atoms with Crippen LogP contribution in [0.1, 0.15) is 6.42 Å². The fourth-order valence-electron chi connectivity index (χ4n) is 2.11. The lowest BCUT2D eigenvalue weighted by Gasteiger charge is -2.14. The maximum absolute atomic E-state index is 12.7. The number of halogens is 1. The Labute approximate surface area is 122 Å². The number of hydrogen-bond donors (Lipinski definition) is 2. The third kappa shape index (κ3) is 4.64. The highest BCUT2D eigenvalue weighted by Gasteiger charge is 2.28. The molecular formula is C12H17FN4O3S. The number of carbonyl (C=O) groups is 1. The van der Waals surface area contributed by atoms with Crippen LogP contribution in [-0.2, 0) is 10.0 Å². The molecule has 0 aliphatic carbocycles. The van der Waals surface area contributed by atoms with E-state index in [0.717, 1.165) is 6.20 Å². The Bertz CT molecular complexity index is 605. The maximum Gasteiger partial charge on any atom is 0.320 e. The number of aromatic nitrogens is 1. The summed E-state index contributed by atoms with van der Waals surface area (Å²) in [4.78, 5) is 15.4. The molecule has 0 saturated carbocycles. The van der Waals surface area contributed by atoms with Gasteiger partial charge in [-0.1, -0.05) is 0 Å². The van der Waals surface area contributed by atoms with Crippen molar-refractivity contribution in [1.82, 2.24) is 14.6 Å². The van der Waals surface area contributed by atoms with Crippen molar-refractivity contribution in [2.24, 2.45) is 5.92 Å². The average Bonchev–Trinajstić information content (AvgIpc) is 2.88. The zero-order valence-corrected chi connectivity index (χ0v) is 12.4. The zero-order chi connectivity index (χ0) is 15.5. The lowest BCUT2D eigenvalue weighted by Crippen LogP contribution is -2.35. The van der Waals surface area contributed by atoms with Crippen molar-refractivity contribution in [3.05, 3.63) is 24.1 Å². The van der Waals surface area contributed by atoms with E-state index in [1.165, 1.54) is 22.7 Å². The van der Waals surface area contributed by atoms with Gasteiger partial charge in [0.25, 0.3) is 0 Å². The molecule has 1 unspecified atom stereocenters. The number of carbonyl (C=O) groups excluding carboxylic acids is 1. The molecule has 1 fully saturated rings. The summed E-state index contributed by atoms with van der Waals surface area (Å²) in [6.45, 7) is 1.26. The van der Waals surface area contributed by atoms with Crippen LogP contribution in [0.5, 0.6) is 0 Å². The van der Waals surface area contributed by atoms with Gasteiger partial charge in [0, 0.05) is 19.6 Å². The first-order valence-electron chi connectivity index (χ1n) is 6.46. The predicted octanol–water partition coefficient (Wildman–Crippen LogP) is 0.624. The highest BCUT2D eigenvalue weighted by atomic mass is 32.2. The third-order valence-electron chi connectivity index (χ3n) is 3.24. The number of nitrogens with one attached hydrogen (secondary N) is 2.